The molecule has 1 aliphatic heterocycles. The average molecular weight is 405 g/mol. The maximum Gasteiger partial charge on any atom is 0.254 e. The molecule has 0 unspecified atom stereocenters. The van der Waals surface area contributed by atoms with Gasteiger partial charge in [0.05, 0.1) is 38.1 Å². The molecule has 1 aromatic carbocycles. The highest BCUT2D eigenvalue weighted by Crippen LogP contribution is 2.28. The second-order valence-electron chi connectivity index (χ2n) is 6.66. The number of benzene rings is 1. The molecule has 1 N–H and O–H groups in total. The number of aryl methyl sites for hydroxylation is 1. The lowest BCUT2D eigenvalue weighted by atomic mass is 10.2. The predicted octanol–water partition coefficient (Wildman–Crippen LogP) is 2.54. The summed E-state index contributed by atoms with van der Waals surface area (Å²) in [7, 11) is 1.59. The Labute approximate surface area is 169 Å². The van der Waals surface area contributed by atoms with Gasteiger partial charge in [0.15, 0.2) is 0 Å². The number of amides is 1. The van der Waals surface area contributed by atoms with Crippen LogP contribution in [0.2, 0.25) is 5.02 Å². The molecular weight excluding hydrogens is 380 g/mol. The first-order valence-corrected chi connectivity index (χ1v) is 9.52. The normalized spacial score (nSPS) is 15.1. The van der Waals surface area contributed by atoms with E-state index in [-0.39, 0.29) is 5.91 Å². The van der Waals surface area contributed by atoms with Crippen molar-refractivity contribution in [3.8, 4) is 11.4 Å². The first kappa shape index (κ1) is 20.4. The van der Waals surface area contributed by atoms with E-state index >= 15 is 0 Å². The number of nitrogens with zero attached hydrogens (tertiary/aromatic N) is 3. The number of morpholine rings is 1. The van der Waals surface area contributed by atoms with Crippen molar-refractivity contribution in [2.24, 2.45) is 5.10 Å². The van der Waals surface area contributed by atoms with E-state index < -0.39 is 0 Å². The molecule has 1 aliphatic rings. The minimum Gasteiger partial charge on any atom is -0.495 e. The van der Waals surface area contributed by atoms with Gasteiger partial charge in [-0.15, -0.1) is 0 Å². The van der Waals surface area contributed by atoms with E-state index in [4.69, 9.17) is 21.1 Å². The van der Waals surface area contributed by atoms with Crippen LogP contribution < -0.4 is 10.2 Å². The first-order valence-electron chi connectivity index (χ1n) is 9.14. The molecule has 8 heteroatoms. The topological polar surface area (TPSA) is 68.1 Å². The Kier molecular flexibility index (Phi) is 6.72. The number of hydrogen-bond acceptors (Lipinski definition) is 5. The maximum atomic E-state index is 12.0. The lowest BCUT2D eigenvalue weighted by Crippen LogP contribution is -2.42. The zero-order valence-corrected chi connectivity index (χ0v) is 17.1. The van der Waals surface area contributed by atoms with E-state index in [0.29, 0.717) is 30.5 Å². The molecule has 1 saturated heterocycles. The van der Waals surface area contributed by atoms with Gasteiger partial charge >= 0.3 is 0 Å². The molecule has 0 aliphatic carbocycles. The molecule has 0 spiro atoms. The monoisotopic (exact) mass is 404 g/mol. The lowest BCUT2D eigenvalue weighted by molar-refractivity contribution is -0.123. The standard InChI is InChI=1S/C20H25ClN4O3/c1-14-10-16(12-22-23-20(26)13-24-6-8-28-9-7-24)15(2)25(14)17-4-5-19(27-3)18(21)11-17/h4-5,10-12H,6-9,13H2,1-3H3,(H,23,26)/b22-12-. The van der Waals surface area contributed by atoms with Gasteiger partial charge in [0.25, 0.3) is 5.91 Å². The van der Waals surface area contributed by atoms with Crippen LogP contribution in [0.1, 0.15) is 17.0 Å². The van der Waals surface area contributed by atoms with Gasteiger partial charge < -0.3 is 14.0 Å². The highest BCUT2D eigenvalue weighted by molar-refractivity contribution is 6.32. The van der Waals surface area contributed by atoms with E-state index in [1.807, 2.05) is 43.0 Å². The zero-order chi connectivity index (χ0) is 20.1. The fourth-order valence-corrected chi connectivity index (χ4v) is 3.53. The molecule has 28 heavy (non-hydrogen) atoms. The van der Waals surface area contributed by atoms with Crippen LogP contribution in [0, 0.1) is 13.8 Å². The molecule has 1 fully saturated rings. The van der Waals surface area contributed by atoms with Gasteiger partial charge in [0, 0.05) is 35.7 Å². The van der Waals surface area contributed by atoms with E-state index in [1.165, 1.54) is 0 Å². The Hall–Kier alpha value is -2.35. The minimum atomic E-state index is -0.131. The van der Waals surface area contributed by atoms with Crippen LogP contribution in [0.5, 0.6) is 5.75 Å². The Morgan fingerprint density at radius 3 is 2.75 bits per heavy atom. The van der Waals surface area contributed by atoms with Gasteiger partial charge in [-0.05, 0) is 38.1 Å². The summed E-state index contributed by atoms with van der Waals surface area (Å²) in [6.45, 7) is 7.20. The molecule has 0 radical (unpaired) electrons. The number of rotatable bonds is 6. The summed E-state index contributed by atoms with van der Waals surface area (Å²) < 4.78 is 12.6. The zero-order valence-electron chi connectivity index (χ0n) is 16.4. The molecule has 1 aromatic heterocycles. The van der Waals surface area contributed by atoms with Gasteiger partial charge in [-0.2, -0.15) is 5.10 Å². The van der Waals surface area contributed by atoms with Gasteiger partial charge in [-0.25, -0.2) is 5.43 Å². The molecule has 0 atom stereocenters. The molecule has 0 saturated carbocycles. The third-order valence-electron chi connectivity index (χ3n) is 4.73. The van der Waals surface area contributed by atoms with E-state index in [1.54, 1.807) is 13.3 Å². The first-order chi connectivity index (χ1) is 13.5. The Bertz CT molecular complexity index is 873. The number of ether oxygens (including phenoxy) is 2. The van der Waals surface area contributed by atoms with Crippen LogP contribution in [-0.4, -0.2) is 61.5 Å². The SMILES string of the molecule is COc1ccc(-n2c(C)cc(/C=N\NC(=O)CN3CCOCC3)c2C)cc1Cl. The molecule has 150 valence electrons. The minimum absolute atomic E-state index is 0.131. The van der Waals surface area contributed by atoms with Crippen LogP contribution in [0.4, 0.5) is 0 Å². The molecule has 3 rings (SSSR count). The van der Waals surface area contributed by atoms with Crippen molar-refractivity contribution < 1.29 is 14.3 Å². The number of aromatic nitrogens is 1. The predicted molar refractivity (Wildman–Crippen MR) is 110 cm³/mol. The number of hydrazone groups is 1. The smallest absolute Gasteiger partial charge is 0.254 e. The van der Waals surface area contributed by atoms with Crippen molar-refractivity contribution in [1.82, 2.24) is 14.9 Å². The van der Waals surface area contributed by atoms with Crippen molar-refractivity contribution in [2.45, 2.75) is 13.8 Å². The summed E-state index contributed by atoms with van der Waals surface area (Å²) in [5, 5.41) is 4.67. The number of carbonyl (C=O) groups is 1. The molecule has 2 aromatic rings. The number of halogens is 1. The van der Waals surface area contributed by atoms with Crippen molar-refractivity contribution in [3.63, 3.8) is 0 Å². The Morgan fingerprint density at radius 2 is 2.07 bits per heavy atom. The molecule has 7 nitrogen and oxygen atoms in total. The largest absolute Gasteiger partial charge is 0.495 e. The average Bonchev–Trinajstić information content (AvgIpc) is 2.96. The third kappa shape index (κ3) is 4.73. The van der Waals surface area contributed by atoms with E-state index in [2.05, 4.69) is 15.1 Å². The fraction of sp³-hybridized carbons (Fsp3) is 0.400. The highest BCUT2D eigenvalue weighted by atomic mass is 35.5. The van der Waals surface area contributed by atoms with Gasteiger partial charge in [-0.3, -0.25) is 9.69 Å². The summed E-state index contributed by atoms with van der Waals surface area (Å²) >= 11 is 6.27. The van der Waals surface area contributed by atoms with Crippen LogP contribution >= 0.6 is 11.6 Å². The fourth-order valence-electron chi connectivity index (χ4n) is 3.28. The molecule has 2 heterocycles. The van der Waals surface area contributed by atoms with Crippen molar-refractivity contribution >= 4 is 23.7 Å². The second kappa shape index (κ2) is 9.23. The van der Waals surface area contributed by atoms with Crippen LogP contribution in [0.25, 0.3) is 5.69 Å². The molecule has 0 bridgehead atoms. The number of hydrogen-bond donors (Lipinski definition) is 1. The molecular formula is C20H25ClN4O3. The second-order valence-corrected chi connectivity index (χ2v) is 7.07. The molecule has 1 amide bonds. The van der Waals surface area contributed by atoms with Gasteiger partial charge in [0.2, 0.25) is 0 Å². The summed E-state index contributed by atoms with van der Waals surface area (Å²) in [6, 6.07) is 7.68. The van der Waals surface area contributed by atoms with Crippen molar-refractivity contribution in [1.29, 1.82) is 0 Å². The van der Waals surface area contributed by atoms with Crippen LogP contribution in [0.3, 0.4) is 0 Å². The summed E-state index contributed by atoms with van der Waals surface area (Å²) in [5.74, 6) is 0.506. The number of methoxy groups -OCH3 is 1. The van der Waals surface area contributed by atoms with Crippen LogP contribution in [-0.2, 0) is 9.53 Å². The Morgan fingerprint density at radius 1 is 1.32 bits per heavy atom. The highest BCUT2D eigenvalue weighted by Gasteiger charge is 2.14. The lowest BCUT2D eigenvalue weighted by Gasteiger charge is -2.25. The number of nitrogens with one attached hydrogen (secondary N) is 1. The summed E-state index contributed by atoms with van der Waals surface area (Å²) in [5.41, 5.74) is 6.51. The number of carbonyl (C=O) groups excluding carboxylic acids is 1. The van der Waals surface area contributed by atoms with E-state index in [9.17, 15) is 4.79 Å². The van der Waals surface area contributed by atoms with E-state index in [0.717, 1.165) is 35.7 Å². The maximum absolute atomic E-state index is 12.0. The van der Waals surface area contributed by atoms with Crippen molar-refractivity contribution in [2.75, 3.05) is 40.0 Å². The summed E-state index contributed by atoms with van der Waals surface area (Å²) in [4.78, 5) is 14.1. The van der Waals surface area contributed by atoms with Gasteiger partial charge in [0.1, 0.15) is 5.75 Å². The quantitative estimate of drug-likeness (QED) is 0.593. The Balaban J connectivity index is 1.68. The van der Waals surface area contributed by atoms with Crippen molar-refractivity contribution in [3.05, 3.63) is 46.2 Å². The third-order valence-corrected chi connectivity index (χ3v) is 5.02. The summed E-state index contributed by atoms with van der Waals surface area (Å²) in [6.07, 6.45) is 1.67. The van der Waals surface area contributed by atoms with Gasteiger partial charge in [-0.1, -0.05) is 11.6 Å². The van der Waals surface area contributed by atoms with Crippen LogP contribution in [0.15, 0.2) is 29.4 Å².